The van der Waals surface area contributed by atoms with Crippen LogP contribution in [0.5, 0.6) is 0 Å². The minimum atomic E-state index is -0.426. The molecule has 0 fully saturated rings. The topological polar surface area (TPSA) is 97.0 Å². The summed E-state index contributed by atoms with van der Waals surface area (Å²) in [4.78, 5) is 27.8. The van der Waals surface area contributed by atoms with E-state index in [9.17, 15) is 9.59 Å². The molecule has 0 saturated heterocycles. The summed E-state index contributed by atoms with van der Waals surface area (Å²) in [7, 11) is 1.32. The molecule has 0 aliphatic rings. The van der Waals surface area contributed by atoms with Crippen LogP contribution >= 0.6 is 23.4 Å². The number of hydrogen-bond donors (Lipinski definition) is 2. The number of rotatable bonds is 6. The van der Waals surface area contributed by atoms with Crippen LogP contribution in [-0.4, -0.2) is 39.9 Å². The number of halogens is 1. The molecule has 0 saturated carbocycles. The molecule has 0 aliphatic carbocycles. The Morgan fingerprint density at radius 3 is 2.52 bits per heavy atom. The maximum Gasteiger partial charge on any atom is 0.337 e. The molecular weight excluding hydrogens is 388 g/mol. The van der Waals surface area contributed by atoms with E-state index in [-0.39, 0.29) is 11.7 Å². The van der Waals surface area contributed by atoms with Crippen LogP contribution in [0.3, 0.4) is 0 Å². The number of anilines is 1. The molecule has 0 aliphatic heterocycles. The fourth-order valence-corrected chi connectivity index (χ4v) is 2.91. The Balaban J connectivity index is 1.53. The zero-order valence-electron chi connectivity index (χ0n) is 14.2. The number of thioether (sulfide) groups is 1. The summed E-state index contributed by atoms with van der Waals surface area (Å²) in [5.41, 5.74) is 1.86. The summed E-state index contributed by atoms with van der Waals surface area (Å²) in [6.45, 7) is 0. The van der Waals surface area contributed by atoms with Gasteiger partial charge < -0.3 is 10.1 Å². The molecule has 0 spiro atoms. The maximum absolute atomic E-state index is 12.1. The van der Waals surface area contributed by atoms with Crippen molar-refractivity contribution in [3.63, 3.8) is 0 Å². The Hall–Kier alpha value is -2.84. The molecule has 1 amide bonds. The summed E-state index contributed by atoms with van der Waals surface area (Å²) in [6.07, 6.45) is 0. The van der Waals surface area contributed by atoms with E-state index in [1.807, 2.05) is 12.1 Å². The summed E-state index contributed by atoms with van der Waals surface area (Å²) >= 11 is 7.08. The van der Waals surface area contributed by atoms with E-state index in [0.717, 1.165) is 5.56 Å². The fourth-order valence-electron chi connectivity index (χ4n) is 2.18. The molecule has 2 aromatic carbocycles. The van der Waals surface area contributed by atoms with Gasteiger partial charge in [-0.2, -0.15) is 0 Å². The van der Waals surface area contributed by atoms with Crippen molar-refractivity contribution in [3.05, 3.63) is 59.1 Å². The fraction of sp³-hybridized carbons (Fsp3) is 0.111. The number of methoxy groups -OCH3 is 1. The first-order valence-corrected chi connectivity index (χ1v) is 9.21. The molecule has 138 valence electrons. The standard InChI is InChI=1S/C18H15ClN4O3S/c1-26-17(25)12-4-8-14(9-5-12)20-15(24)10-27-18-21-16(22-23-18)11-2-6-13(19)7-3-11/h2-9H,10H2,1H3,(H,20,24)(H,21,22,23). The van der Waals surface area contributed by atoms with Crippen LogP contribution in [0, 0.1) is 0 Å². The van der Waals surface area contributed by atoms with Crippen LogP contribution in [0.2, 0.25) is 5.02 Å². The monoisotopic (exact) mass is 402 g/mol. The number of nitrogens with zero attached hydrogens (tertiary/aromatic N) is 2. The predicted molar refractivity (Wildman–Crippen MR) is 104 cm³/mol. The first-order valence-electron chi connectivity index (χ1n) is 7.84. The van der Waals surface area contributed by atoms with E-state index in [2.05, 4.69) is 25.2 Å². The second-order valence-electron chi connectivity index (χ2n) is 5.38. The molecule has 9 heteroatoms. The maximum atomic E-state index is 12.1. The van der Waals surface area contributed by atoms with E-state index in [1.165, 1.54) is 18.9 Å². The molecule has 7 nitrogen and oxygen atoms in total. The number of aromatic nitrogens is 3. The minimum absolute atomic E-state index is 0.149. The highest BCUT2D eigenvalue weighted by molar-refractivity contribution is 7.99. The lowest BCUT2D eigenvalue weighted by Crippen LogP contribution is -2.14. The lowest BCUT2D eigenvalue weighted by Gasteiger charge is -2.05. The van der Waals surface area contributed by atoms with Gasteiger partial charge in [-0.05, 0) is 48.5 Å². The second-order valence-corrected chi connectivity index (χ2v) is 6.76. The third kappa shape index (κ3) is 5.08. The van der Waals surface area contributed by atoms with Crippen LogP contribution in [0.4, 0.5) is 5.69 Å². The summed E-state index contributed by atoms with van der Waals surface area (Å²) in [6, 6.07) is 13.7. The number of ether oxygens (including phenoxy) is 1. The molecule has 2 N–H and O–H groups in total. The zero-order chi connectivity index (χ0) is 19.2. The van der Waals surface area contributed by atoms with Crippen LogP contribution in [0.25, 0.3) is 11.4 Å². The number of esters is 1. The molecule has 27 heavy (non-hydrogen) atoms. The Kier molecular flexibility index (Phi) is 6.10. The van der Waals surface area contributed by atoms with Crippen molar-refractivity contribution in [1.82, 2.24) is 15.2 Å². The molecule has 3 aromatic rings. The average molecular weight is 403 g/mol. The third-order valence-electron chi connectivity index (χ3n) is 3.50. The van der Waals surface area contributed by atoms with Crippen LogP contribution in [0.1, 0.15) is 10.4 Å². The van der Waals surface area contributed by atoms with Gasteiger partial charge in [0.05, 0.1) is 18.4 Å². The highest BCUT2D eigenvalue weighted by Gasteiger charge is 2.10. The van der Waals surface area contributed by atoms with Crippen molar-refractivity contribution in [3.8, 4) is 11.4 Å². The van der Waals surface area contributed by atoms with Crippen molar-refractivity contribution in [2.75, 3.05) is 18.2 Å². The van der Waals surface area contributed by atoms with Gasteiger partial charge in [0.2, 0.25) is 11.1 Å². The van der Waals surface area contributed by atoms with Crippen LogP contribution < -0.4 is 5.32 Å². The van der Waals surface area contributed by atoms with Crippen molar-refractivity contribution in [2.45, 2.75) is 5.16 Å². The average Bonchev–Trinajstić information content (AvgIpc) is 3.16. The van der Waals surface area contributed by atoms with E-state index in [4.69, 9.17) is 11.6 Å². The van der Waals surface area contributed by atoms with Crippen molar-refractivity contribution in [1.29, 1.82) is 0 Å². The Morgan fingerprint density at radius 1 is 1.15 bits per heavy atom. The highest BCUT2D eigenvalue weighted by Crippen LogP contribution is 2.21. The van der Waals surface area contributed by atoms with E-state index in [1.54, 1.807) is 36.4 Å². The van der Waals surface area contributed by atoms with Gasteiger partial charge >= 0.3 is 5.97 Å². The molecule has 1 heterocycles. The number of H-pyrrole nitrogens is 1. The first-order chi connectivity index (χ1) is 13.0. The predicted octanol–water partition coefficient (Wildman–Crippen LogP) is 3.64. The quantitative estimate of drug-likeness (QED) is 0.482. The van der Waals surface area contributed by atoms with E-state index in [0.29, 0.717) is 27.3 Å². The second kappa shape index (κ2) is 8.70. The Morgan fingerprint density at radius 2 is 1.85 bits per heavy atom. The lowest BCUT2D eigenvalue weighted by molar-refractivity contribution is -0.113. The van der Waals surface area contributed by atoms with E-state index < -0.39 is 5.97 Å². The SMILES string of the molecule is COC(=O)c1ccc(NC(=O)CSc2n[nH]c(-c3ccc(Cl)cc3)n2)cc1. The van der Waals surface area contributed by atoms with Crippen LogP contribution in [0.15, 0.2) is 53.7 Å². The number of benzene rings is 2. The number of amides is 1. The minimum Gasteiger partial charge on any atom is -0.465 e. The van der Waals surface area contributed by atoms with Gasteiger partial charge in [-0.25, -0.2) is 9.78 Å². The number of carbonyl (C=O) groups is 2. The number of hydrogen-bond acceptors (Lipinski definition) is 6. The van der Waals surface area contributed by atoms with Crippen molar-refractivity contribution < 1.29 is 14.3 Å². The molecule has 0 bridgehead atoms. The first kappa shape index (κ1) is 18.9. The Labute approximate surface area is 164 Å². The van der Waals surface area contributed by atoms with Gasteiger partial charge in [0.25, 0.3) is 0 Å². The van der Waals surface area contributed by atoms with Gasteiger partial charge in [0, 0.05) is 16.3 Å². The number of aromatic amines is 1. The van der Waals surface area contributed by atoms with Gasteiger partial charge in [-0.15, -0.1) is 5.10 Å². The van der Waals surface area contributed by atoms with Gasteiger partial charge in [-0.1, -0.05) is 23.4 Å². The van der Waals surface area contributed by atoms with E-state index >= 15 is 0 Å². The summed E-state index contributed by atoms with van der Waals surface area (Å²) in [5.74, 6) is 0.123. The molecule has 3 rings (SSSR count). The van der Waals surface area contributed by atoms with Crippen molar-refractivity contribution >= 4 is 40.9 Å². The molecule has 0 radical (unpaired) electrons. The molecular formula is C18H15ClN4O3S. The highest BCUT2D eigenvalue weighted by atomic mass is 35.5. The molecule has 0 unspecified atom stereocenters. The smallest absolute Gasteiger partial charge is 0.337 e. The summed E-state index contributed by atoms with van der Waals surface area (Å²) in [5, 5.41) is 10.8. The molecule has 0 atom stereocenters. The van der Waals surface area contributed by atoms with Crippen molar-refractivity contribution in [2.24, 2.45) is 0 Å². The number of nitrogens with one attached hydrogen (secondary N) is 2. The van der Waals surface area contributed by atoms with Gasteiger partial charge in [0.1, 0.15) is 0 Å². The third-order valence-corrected chi connectivity index (χ3v) is 4.60. The largest absolute Gasteiger partial charge is 0.465 e. The lowest BCUT2D eigenvalue weighted by atomic mass is 10.2. The van der Waals surface area contributed by atoms with Gasteiger partial charge in [0.15, 0.2) is 5.82 Å². The summed E-state index contributed by atoms with van der Waals surface area (Å²) < 4.78 is 4.63. The molecule has 1 aromatic heterocycles. The Bertz CT molecular complexity index is 942. The normalized spacial score (nSPS) is 10.4. The number of carbonyl (C=O) groups excluding carboxylic acids is 2. The zero-order valence-corrected chi connectivity index (χ0v) is 15.8. The van der Waals surface area contributed by atoms with Crippen LogP contribution in [-0.2, 0) is 9.53 Å². The van der Waals surface area contributed by atoms with Gasteiger partial charge in [-0.3, -0.25) is 9.89 Å².